The molecule has 0 amide bonds. The SMILES string of the molecule is C[C@H](C(=O)O)[C@H]1C=CCC1. The molecule has 1 rings (SSSR count). The third-order valence-electron chi connectivity index (χ3n) is 2.08. The van der Waals surface area contributed by atoms with Gasteiger partial charge in [-0.2, -0.15) is 0 Å². The molecule has 0 aromatic heterocycles. The number of allylic oxidation sites excluding steroid dienone is 2. The first kappa shape index (κ1) is 7.32. The van der Waals surface area contributed by atoms with Gasteiger partial charge in [0, 0.05) is 0 Å². The van der Waals surface area contributed by atoms with Crippen molar-refractivity contribution in [3.63, 3.8) is 0 Å². The lowest BCUT2D eigenvalue weighted by Gasteiger charge is -2.11. The Morgan fingerprint density at radius 2 is 2.50 bits per heavy atom. The van der Waals surface area contributed by atoms with Crippen LogP contribution < -0.4 is 0 Å². The molecule has 0 radical (unpaired) electrons. The molecule has 10 heavy (non-hydrogen) atoms. The van der Waals surface area contributed by atoms with Crippen molar-refractivity contribution in [2.75, 3.05) is 0 Å². The zero-order chi connectivity index (χ0) is 7.56. The summed E-state index contributed by atoms with van der Waals surface area (Å²) in [5.41, 5.74) is 0. The van der Waals surface area contributed by atoms with Crippen molar-refractivity contribution in [1.29, 1.82) is 0 Å². The Balaban J connectivity index is 2.48. The molecular weight excluding hydrogens is 128 g/mol. The largest absolute Gasteiger partial charge is 0.481 e. The van der Waals surface area contributed by atoms with Gasteiger partial charge in [-0.25, -0.2) is 0 Å². The molecule has 0 saturated carbocycles. The quantitative estimate of drug-likeness (QED) is 0.592. The molecule has 0 aliphatic heterocycles. The van der Waals surface area contributed by atoms with E-state index in [1.807, 2.05) is 6.08 Å². The predicted octanol–water partition coefficient (Wildman–Crippen LogP) is 1.67. The average Bonchev–Trinajstić information content (AvgIpc) is 2.36. The number of hydrogen-bond donors (Lipinski definition) is 1. The molecule has 2 atom stereocenters. The minimum absolute atomic E-state index is 0.209. The maximum atomic E-state index is 10.5. The molecule has 0 heterocycles. The van der Waals surface area contributed by atoms with E-state index in [0.717, 1.165) is 12.8 Å². The Hall–Kier alpha value is -0.790. The lowest BCUT2D eigenvalue weighted by atomic mass is 9.94. The second-order valence-corrected chi connectivity index (χ2v) is 2.80. The molecule has 2 nitrogen and oxygen atoms in total. The van der Waals surface area contributed by atoms with E-state index in [9.17, 15) is 4.79 Å². The first-order chi connectivity index (χ1) is 4.72. The van der Waals surface area contributed by atoms with Gasteiger partial charge in [0.1, 0.15) is 0 Å². The highest BCUT2D eigenvalue weighted by Gasteiger charge is 2.22. The number of aliphatic carboxylic acids is 1. The Labute approximate surface area is 60.6 Å². The van der Waals surface area contributed by atoms with Crippen LogP contribution in [0, 0.1) is 11.8 Å². The lowest BCUT2D eigenvalue weighted by Crippen LogP contribution is -2.17. The Morgan fingerprint density at radius 3 is 2.90 bits per heavy atom. The Bertz CT molecular complexity index is 161. The number of hydrogen-bond acceptors (Lipinski definition) is 1. The zero-order valence-corrected chi connectivity index (χ0v) is 6.08. The monoisotopic (exact) mass is 140 g/mol. The highest BCUT2D eigenvalue weighted by Crippen LogP contribution is 2.24. The van der Waals surface area contributed by atoms with Crippen molar-refractivity contribution in [2.24, 2.45) is 11.8 Å². The molecule has 0 fully saturated rings. The molecule has 0 aromatic carbocycles. The summed E-state index contributed by atoms with van der Waals surface area (Å²) in [6.07, 6.45) is 6.12. The molecule has 0 aromatic rings. The molecule has 2 heteroatoms. The molecular formula is C8H12O2. The van der Waals surface area contributed by atoms with Gasteiger partial charge in [0.05, 0.1) is 5.92 Å². The highest BCUT2D eigenvalue weighted by molar-refractivity contribution is 5.70. The summed E-state index contributed by atoms with van der Waals surface area (Å²) >= 11 is 0. The first-order valence-electron chi connectivity index (χ1n) is 3.61. The van der Waals surface area contributed by atoms with Crippen molar-refractivity contribution < 1.29 is 9.90 Å². The maximum absolute atomic E-state index is 10.5. The third kappa shape index (κ3) is 1.38. The van der Waals surface area contributed by atoms with Crippen LogP contribution in [-0.4, -0.2) is 11.1 Å². The van der Waals surface area contributed by atoms with E-state index in [4.69, 9.17) is 5.11 Å². The topological polar surface area (TPSA) is 37.3 Å². The van der Waals surface area contributed by atoms with Gasteiger partial charge in [-0.1, -0.05) is 19.1 Å². The van der Waals surface area contributed by atoms with E-state index in [0.29, 0.717) is 0 Å². The van der Waals surface area contributed by atoms with E-state index in [-0.39, 0.29) is 11.8 Å². The average molecular weight is 140 g/mol. The fraction of sp³-hybridized carbons (Fsp3) is 0.625. The highest BCUT2D eigenvalue weighted by atomic mass is 16.4. The van der Waals surface area contributed by atoms with Gasteiger partial charge in [-0.3, -0.25) is 4.79 Å². The summed E-state index contributed by atoms with van der Waals surface area (Å²) in [7, 11) is 0. The van der Waals surface area contributed by atoms with Crippen LogP contribution in [0.2, 0.25) is 0 Å². The third-order valence-corrected chi connectivity index (χ3v) is 2.08. The summed E-state index contributed by atoms with van der Waals surface area (Å²) in [5.74, 6) is -0.618. The molecule has 56 valence electrons. The van der Waals surface area contributed by atoms with Gasteiger partial charge in [0.25, 0.3) is 0 Å². The molecule has 1 aliphatic rings. The van der Waals surface area contributed by atoms with Crippen LogP contribution in [0.4, 0.5) is 0 Å². The van der Waals surface area contributed by atoms with E-state index >= 15 is 0 Å². The summed E-state index contributed by atoms with van der Waals surface area (Å²) in [6.45, 7) is 1.77. The second kappa shape index (κ2) is 2.86. The summed E-state index contributed by atoms with van der Waals surface area (Å²) < 4.78 is 0. The van der Waals surface area contributed by atoms with Gasteiger partial charge >= 0.3 is 5.97 Å². The Kier molecular flexibility index (Phi) is 2.10. The standard InChI is InChI=1S/C8H12O2/c1-6(8(9)10)7-4-2-3-5-7/h2,4,6-7H,3,5H2,1H3,(H,9,10)/t6-,7-/m0/s1. The number of carboxylic acid groups (broad SMARTS) is 1. The van der Waals surface area contributed by atoms with Crippen molar-refractivity contribution in [2.45, 2.75) is 19.8 Å². The van der Waals surface area contributed by atoms with Crippen LogP contribution in [0.1, 0.15) is 19.8 Å². The smallest absolute Gasteiger partial charge is 0.306 e. The van der Waals surface area contributed by atoms with E-state index in [2.05, 4.69) is 6.08 Å². The summed E-state index contributed by atoms with van der Waals surface area (Å²) in [6, 6.07) is 0. The minimum Gasteiger partial charge on any atom is -0.481 e. The van der Waals surface area contributed by atoms with Crippen LogP contribution in [0.5, 0.6) is 0 Å². The van der Waals surface area contributed by atoms with Crippen LogP contribution in [0.25, 0.3) is 0 Å². The molecule has 1 aliphatic carbocycles. The first-order valence-corrected chi connectivity index (χ1v) is 3.61. The lowest BCUT2D eigenvalue weighted by molar-refractivity contribution is -0.142. The molecule has 0 saturated heterocycles. The second-order valence-electron chi connectivity index (χ2n) is 2.80. The van der Waals surface area contributed by atoms with Crippen molar-refractivity contribution in [1.82, 2.24) is 0 Å². The fourth-order valence-corrected chi connectivity index (χ4v) is 1.26. The van der Waals surface area contributed by atoms with E-state index in [1.54, 1.807) is 6.92 Å². The molecule has 0 unspecified atom stereocenters. The van der Waals surface area contributed by atoms with Gasteiger partial charge in [0.2, 0.25) is 0 Å². The van der Waals surface area contributed by atoms with Crippen LogP contribution in [0.15, 0.2) is 12.2 Å². The summed E-state index contributed by atoms with van der Waals surface area (Å²) in [5, 5.41) is 8.61. The van der Waals surface area contributed by atoms with Crippen molar-refractivity contribution in [3.05, 3.63) is 12.2 Å². The number of carboxylic acids is 1. The Morgan fingerprint density at radius 1 is 1.80 bits per heavy atom. The van der Waals surface area contributed by atoms with Crippen molar-refractivity contribution >= 4 is 5.97 Å². The van der Waals surface area contributed by atoms with E-state index in [1.165, 1.54) is 0 Å². The van der Waals surface area contributed by atoms with Gasteiger partial charge in [-0.05, 0) is 18.8 Å². The molecule has 1 N–H and O–H groups in total. The fourth-order valence-electron chi connectivity index (χ4n) is 1.26. The minimum atomic E-state index is -0.684. The molecule has 0 bridgehead atoms. The van der Waals surface area contributed by atoms with Gasteiger partial charge in [0.15, 0.2) is 0 Å². The van der Waals surface area contributed by atoms with Gasteiger partial charge < -0.3 is 5.11 Å². The normalized spacial score (nSPS) is 26.7. The van der Waals surface area contributed by atoms with Crippen LogP contribution in [0.3, 0.4) is 0 Å². The molecule has 0 spiro atoms. The zero-order valence-electron chi connectivity index (χ0n) is 6.08. The summed E-state index contributed by atoms with van der Waals surface area (Å²) in [4.78, 5) is 10.5. The predicted molar refractivity (Wildman–Crippen MR) is 38.7 cm³/mol. The maximum Gasteiger partial charge on any atom is 0.306 e. The van der Waals surface area contributed by atoms with Crippen LogP contribution in [-0.2, 0) is 4.79 Å². The number of rotatable bonds is 2. The van der Waals surface area contributed by atoms with E-state index < -0.39 is 5.97 Å². The van der Waals surface area contributed by atoms with Crippen LogP contribution >= 0.6 is 0 Å². The van der Waals surface area contributed by atoms with Crippen molar-refractivity contribution in [3.8, 4) is 0 Å². The van der Waals surface area contributed by atoms with Gasteiger partial charge in [-0.15, -0.1) is 0 Å². The number of carbonyl (C=O) groups is 1.